The van der Waals surface area contributed by atoms with Crippen LogP contribution in [0.2, 0.25) is 0 Å². The summed E-state index contributed by atoms with van der Waals surface area (Å²) in [4.78, 5) is 23.3. The Morgan fingerprint density at radius 2 is 1.70 bits per heavy atom. The maximum atomic E-state index is 12.0. The van der Waals surface area contributed by atoms with Gasteiger partial charge < -0.3 is 20.7 Å². The summed E-state index contributed by atoms with van der Waals surface area (Å²) in [6, 6.07) is 11.5. The smallest absolute Gasteiger partial charge is 0.323 e. The Kier molecular flexibility index (Phi) is 6.74. The topological polar surface area (TPSA) is 140 Å². The number of urea groups is 1. The number of anilines is 2. The zero-order valence-corrected chi connectivity index (χ0v) is 15.4. The first-order valence-electron chi connectivity index (χ1n) is 7.98. The second-order valence-corrected chi connectivity index (χ2v) is 6.98. The molecule has 9 nitrogen and oxygen atoms in total. The van der Waals surface area contributed by atoms with Gasteiger partial charge in [0.15, 0.2) is 6.61 Å². The summed E-state index contributed by atoms with van der Waals surface area (Å²) in [6.07, 6.45) is 0. The Labute approximate surface area is 157 Å². The number of benzene rings is 2. The van der Waals surface area contributed by atoms with Crippen LogP contribution in [-0.2, 0) is 14.8 Å². The third kappa shape index (κ3) is 6.60. The highest BCUT2D eigenvalue weighted by atomic mass is 32.2. The molecule has 144 valence electrons. The molecule has 3 amide bonds. The van der Waals surface area contributed by atoms with Crippen LogP contribution in [0.5, 0.6) is 5.75 Å². The number of ether oxygens (including phenoxy) is 1. The molecule has 0 aliphatic carbocycles. The average molecular weight is 392 g/mol. The minimum atomic E-state index is -3.85. The Morgan fingerprint density at radius 3 is 2.33 bits per heavy atom. The van der Waals surface area contributed by atoms with Gasteiger partial charge in [-0.25, -0.2) is 18.4 Å². The predicted octanol–water partition coefficient (Wildman–Crippen LogP) is 1.49. The van der Waals surface area contributed by atoms with E-state index < -0.39 is 16.1 Å². The average Bonchev–Trinajstić information content (AvgIpc) is 2.61. The van der Waals surface area contributed by atoms with Gasteiger partial charge in [-0.15, -0.1) is 0 Å². The lowest BCUT2D eigenvalue weighted by molar-refractivity contribution is -0.122. The van der Waals surface area contributed by atoms with Gasteiger partial charge in [0.05, 0.1) is 4.90 Å². The molecule has 0 bridgehead atoms. The number of hydrogen-bond acceptors (Lipinski definition) is 5. The number of carbonyl (C=O) groups excluding carboxylic acids is 2. The van der Waals surface area contributed by atoms with E-state index in [1.165, 1.54) is 24.3 Å². The van der Waals surface area contributed by atoms with E-state index in [1.807, 2.05) is 6.92 Å². The third-order valence-electron chi connectivity index (χ3n) is 3.28. The van der Waals surface area contributed by atoms with Crippen molar-refractivity contribution < 1.29 is 22.7 Å². The van der Waals surface area contributed by atoms with Gasteiger partial charge in [-0.1, -0.05) is 6.07 Å². The lowest BCUT2D eigenvalue weighted by Crippen LogP contribution is -2.28. The van der Waals surface area contributed by atoms with Crippen LogP contribution in [0, 0.1) is 0 Å². The first-order chi connectivity index (χ1) is 12.8. The fraction of sp³-hybridized carbons (Fsp3) is 0.176. The van der Waals surface area contributed by atoms with Crippen molar-refractivity contribution in [2.45, 2.75) is 11.8 Å². The van der Waals surface area contributed by atoms with E-state index in [9.17, 15) is 18.0 Å². The van der Waals surface area contributed by atoms with Crippen LogP contribution in [0.15, 0.2) is 53.4 Å². The number of nitrogens with one attached hydrogen (secondary N) is 3. The van der Waals surface area contributed by atoms with Gasteiger partial charge in [0.2, 0.25) is 10.0 Å². The lowest BCUT2D eigenvalue weighted by Gasteiger charge is -2.10. The van der Waals surface area contributed by atoms with Gasteiger partial charge in [0, 0.05) is 17.9 Å². The number of sulfonamides is 1. The molecular weight excluding hydrogens is 372 g/mol. The Hall–Kier alpha value is -3.11. The van der Waals surface area contributed by atoms with Gasteiger partial charge in [0.25, 0.3) is 5.91 Å². The van der Waals surface area contributed by atoms with Crippen LogP contribution in [0.25, 0.3) is 0 Å². The van der Waals surface area contributed by atoms with E-state index in [4.69, 9.17) is 9.88 Å². The molecule has 0 fully saturated rings. The molecule has 2 rings (SSSR count). The summed E-state index contributed by atoms with van der Waals surface area (Å²) in [5.74, 6) is 0.258. The second-order valence-electron chi connectivity index (χ2n) is 5.42. The molecule has 10 heteroatoms. The minimum Gasteiger partial charge on any atom is -0.484 e. The number of carbonyl (C=O) groups is 2. The van der Waals surface area contributed by atoms with Crippen molar-refractivity contribution in [3.05, 3.63) is 48.5 Å². The van der Waals surface area contributed by atoms with Crippen LogP contribution >= 0.6 is 0 Å². The number of primary sulfonamides is 1. The molecule has 0 atom stereocenters. The number of rotatable bonds is 7. The van der Waals surface area contributed by atoms with Gasteiger partial charge >= 0.3 is 6.03 Å². The summed E-state index contributed by atoms with van der Waals surface area (Å²) in [5, 5.41) is 12.8. The number of nitrogens with two attached hydrogens (primary N) is 1. The molecule has 2 aromatic rings. The van der Waals surface area contributed by atoms with Crippen LogP contribution in [-0.4, -0.2) is 33.5 Å². The van der Waals surface area contributed by atoms with Crippen LogP contribution < -0.4 is 25.8 Å². The van der Waals surface area contributed by atoms with Crippen LogP contribution in [0.4, 0.5) is 16.2 Å². The standard InChI is InChI=1S/C17H20N4O5S/c1-2-19-16(22)11-26-14-8-6-12(7-9-14)20-17(23)21-13-4-3-5-15(10-13)27(18,24)25/h3-10H,2,11H2,1H3,(H,19,22)(H2,18,24,25)(H2,20,21,23). The number of likely N-dealkylation sites (N-methyl/N-ethyl adjacent to an activating group) is 1. The minimum absolute atomic E-state index is 0.0957. The molecule has 0 spiro atoms. The van der Waals surface area contributed by atoms with E-state index >= 15 is 0 Å². The highest BCUT2D eigenvalue weighted by molar-refractivity contribution is 7.89. The van der Waals surface area contributed by atoms with Crippen molar-refractivity contribution in [3.63, 3.8) is 0 Å². The zero-order chi connectivity index (χ0) is 19.9. The van der Waals surface area contributed by atoms with Gasteiger partial charge in [-0.05, 0) is 49.4 Å². The third-order valence-corrected chi connectivity index (χ3v) is 4.19. The summed E-state index contributed by atoms with van der Waals surface area (Å²) in [5.41, 5.74) is 0.765. The first kappa shape index (κ1) is 20.2. The highest BCUT2D eigenvalue weighted by Gasteiger charge is 2.10. The lowest BCUT2D eigenvalue weighted by atomic mass is 10.3. The summed E-state index contributed by atoms with van der Waals surface area (Å²) < 4.78 is 28.0. The van der Waals surface area contributed by atoms with Crippen molar-refractivity contribution in [3.8, 4) is 5.75 Å². The van der Waals surface area contributed by atoms with Crippen molar-refractivity contribution in [1.29, 1.82) is 0 Å². The normalized spacial score (nSPS) is 10.7. The zero-order valence-electron chi connectivity index (χ0n) is 14.6. The van der Waals surface area contributed by atoms with Gasteiger partial charge in [0.1, 0.15) is 5.75 Å². The molecule has 5 N–H and O–H groups in total. The van der Waals surface area contributed by atoms with E-state index in [1.54, 1.807) is 24.3 Å². The quantitative estimate of drug-likeness (QED) is 0.565. The van der Waals surface area contributed by atoms with E-state index in [0.717, 1.165) is 0 Å². The largest absolute Gasteiger partial charge is 0.484 e. The molecule has 0 aliphatic heterocycles. The Morgan fingerprint density at radius 1 is 1.04 bits per heavy atom. The molecule has 0 aromatic heterocycles. The Balaban J connectivity index is 1.91. The van der Waals surface area contributed by atoms with E-state index in [-0.39, 0.29) is 23.1 Å². The maximum absolute atomic E-state index is 12.0. The van der Waals surface area contributed by atoms with Crippen LogP contribution in [0.1, 0.15) is 6.92 Å². The number of hydrogen-bond donors (Lipinski definition) is 4. The predicted molar refractivity (Wildman–Crippen MR) is 101 cm³/mol. The molecule has 2 aromatic carbocycles. The molecule has 0 aliphatic rings. The molecule has 0 saturated carbocycles. The van der Waals surface area contributed by atoms with Crippen molar-refractivity contribution in [1.82, 2.24) is 5.32 Å². The number of amides is 3. The fourth-order valence-electron chi connectivity index (χ4n) is 2.08. The molecule has 0 radical (unpaired) electrons. The molecule has 0 saturated heterocycles. The molecule has 0 unspecified atom stereocenters. The summed E-state index contributed by atoms with van der Waals surface area (Å²) in [7, 11) is -3.85. The first-order valence-corrected chi connectivity index (χ1v) is 9.53. The Bertz CT molecular complexity index is 913. The molecule has 27 heavy (non-hydrogen) atoms. The van der Waals surface area contributed by atoms with E-state index in [2.05, 4.69) is 16.0 Å². The molecular formula is C17H20N4O5S. The van der Waals surface area contributed by atoms with E-state index in [0.29, 0.717) is 18.0 Å². The summed E-state index contributed by atoms with van der Waals surface area (Å²) >= 11 is 0. The van der Waals surface area contributed by atoms with Gasteiger partial charge in [-0.3, -0.25) is 4.79 Å². The fourth-order valence-corrected chi connectivity index (χ4v) is 2.64. The monoisotopic (exact) mass is 392 g/mol. The van der Waals surface area contributed by atoms with Crippen molar-refractivity contribution in [2.75, 3.05) is 23.8 Å². The van der Waals surface area contributed by atoms with Gasteiger partial charge in [-0.2, -0.15) is 0 Å². The molecule has 0 heterocycles. The van der Waals surface area contributed by atoms with Crippen molar-refractivity contribution >= 4 is 33.3 Å². The summed E-state index contributed by atoms with van der Waals surface area (Å²) in [6.45, 7) is 2.25. The second kappa shape index (κ2) is 9.01. The van der Waals surface area contributed by atoms with Crippen molar-refractivity contribution in [2.24, 2.45) is 5.14 Å². The SMILES string of the molecule is CCNC(=O)COc1ccc(NC(=O)Nc2cccc(S(N)(=O)=O)c2)cc1. The maximum Gasteiger partial charge on any atom is 0.323 e. The highest BCUT2D eigenvalue weighted by Crippen LogP contribution is 2.17. The van der Waals surface area contributed by atoms with Crippen LogP contribution in [0.3, 0.4) is 0 Å².